The second-order valence-corrected chi connectivity index (χ2v) is 23.3. The van der Waals surface area contributed by atoms with Gasteiger partial charge in [-0.25, -0.2) is 54.1 Å². The van der Waals surface area contributed by atoms with Crippen LogP contribution in [0, 0.1) is 26.2 Å². The third kappa shape index (κ3) is 22.6. The fourth-order valence-electron chi connectivity index (χ4n) is 9.39. The van der Waals surface area contributed by atoms with Crippen molar-refractivity contribution >= 4 is 28.8 Å². The highest BCUT2D eigenvalue weighted by Gasteiger charge is 2.22. The van der Waals surface area contributed by atoms with Crippen molar-refractivity contribution in [2.24, 2.45) is 0 Å². The van der Waals surface area contributed by atoms with Gasteiger partial charge in [0.25, 0.3) is 0 Å². The van der Waals surface area contributed by atoms with Crippen LogP contribution in [-0.2, 0) is 0 Å². The number of carbonyl (C=O) groups excluding carboxylic acids is 4. The van der Waals surface area contributed by atoms with E-state index in [1.165, 1.54) is 66.7 Å². The summed E-state index contributed by atoms with van der Waals surface area (Å²) in [6.45, 7) is 17.9. The third-order valence-corrected chi connectivity index (χ3v) is 15.5. The van der Waals surface area contributed by atoms with Crippen LogP contribution in [0.1, 0.15) is 114 Å². The predicted octanol–water partition coefficient (Wildman–Crippen LogP) is 16.9. The Hall–Kier alpha value is -12.9. The fourth-order valence-corrected chi connectivity index (χ4v) is 9.39. The van der Waals surface area contributed by atoms with Gasteiger partial charge in [0.1, 0.15) is 93.3 Å². The smallest absolute Gasteiger partial charge is 0.219 e. The van der Waals surface area contributed by atoms with E-state index in [0.29, 0.717) is 101 Å². The molecule has 23 heteroatoms. The van der Waals surface area contributed by atoms with Crippen LogP contribution in [0.2, 0.25) is 0 Å². The second kappa shape index (κ2) is 39.0. The lowest BCUT2D eigenvalue weighted by molar-refractivity contribution is 0.0731. The van der Waals surface area contributed by atoms with Crippen LogP contribution in [-0.4, -0.2) is 113 Å². The lowest BCUT2D eigenvalue weighted by Gasteiger charge is -2.08. The van der Waals surface area contributed by atoms with Gasteiger partial charge >= 0.3 is 0 Å². The van der Waals surface area contributed by atoms with Gasteiger partial charge in [-0.05, 0) is 215 Å². The van der Waals surface area contributed by atoms with E-state index in [9.17, 15) is 44.0 Å². The molecule has 4 atom stereocenters. The van der Waals surface area contributed by atoms with Gasteiger partial charge in [0.15, 0.2) is 29.0 Å². The van der Waals surface area contributed by atoms with Crippen molar-refractivity contribution in [3.63, 3.8) is 0 Å². The van der Waals surface area contributed by atoms with Crippen LogP contribution in [0.25, 0.3) is 50.4 Å². The Morgan fingerprint density at radius 1 is 0.358 bits per heavy atom. The van der Waals surface area contributed by atoms with E-state index in [2.05, 4.69) is 49.7 Å². The van der Waals surface area contributed by atoms with Crippen molar-refractivity contribution < 1.29 is 62.9 Å². The number of aliphatic hydroxyl groups excluding tert-OH is 4. The van der Waals surface area contributed by atoms with Crippen molar-refractivity contribution in [1.82, 2.24) is 44.9 Å². The Morgan fingerprint density at radius 2 is 0.613 bits per heavy atom. The van der Waals surface area contributed by atoms with Gasteiger partial charge in [-0.2, -0.15) is 0 Å². The predicted molar refractivity (Wildman–Crippen MR) is 399 cm³/mol. The van der Waals surface area contributed by atoms with Gasteiger partial charge in [0, 0.05) is 59.3 Å². The van der Waals surface area contributed by atoms with Crippen LogP contribution < -0.4 is 18.9 Å². The molecular weight excluding hydrogens is 1350 g/mol. The Kier molecular flexibility index (Phi) is 29.0. The van der Waals surface area contributed by atoms with E-state index in [1.54, 1.807) is 137 Å². The minimum absolute atomic E-state index is 0. The van der Waals surface area contributed by atoms with E-state index in [0.717, 1.165) is 28.0 Å². The number of aryl methyl sites for hydroxylation is 2. The van der Waals surface area contributed by atoms with Crippen LogP contribution in [0.3, 0.4) is 0 Å². The normalized spacial score (nSPS) is 11.6. The molecule has 0 saturated heterocycles. The highest BCUT2D eigenvalue weighted by Crippen LogP contribution is 2.30. The molecule has 0 fully saturated rings. The SMILES string of the molecule is C.CC[C@@H](O)C(=O)c1ccnc(-c2ccc(Oc3ccc(C)cc3)cc2)n1.CC[C@@H](O)C(=O)c1ccnc(-c2ccc(Oc3ccc(C)cn3)cc2)n1.CC[C@@H](O)C(=O)c1ccnc(-c2ccc(Oc3ccc(F)cc3)cc2)n1.[C-]#[N+]c1ccc(Oc2ccc(-c3nccc(C(=O)[C@H](O)CC)n3)cc2)cc1. The van der Waals surface area contributed by atoms with Crippen LogP contribution in [0.4, 0.5) is 10.1 Å². The Labute approximate surface area is 612 Å². The summed E-state index contributed by atoms with van der Waals surface area (Å²) in [5, 5.41) is 38.8. The maximum atomic E-state index is 12.9. The average Bonchev–Trinajstić information content (AvgIpc) is 0.848. The molecule has 0 aliphatic rings. The van der Waals surface area contributed by atoms with Crippen LogP contribution in [0.5, 0.6) is 46.1 Å². The van der Waals surface area contributed by atoms with E-state index in [-0.39, 0.29) is 36.0 Å². The number of rotatable bonds is 24. The van der Waals surface area contributed by atoms with E-state index in [1.807, 2.05) is 80.6 Å². The van der Waals surface area contributed by atoms with Gasteiger partial charge in [-0.3, -0.25) is 19.2 Å². The lowest BCUT2D eigenvalue weighted by atomic mass is 10.1. The largest absolute Gasteiger partial charge is 0.457 e. The zero-order valence-corrected chi connectivity index (χ0v) is 58.1. The first kappa shape index (κ1) is 78.9. The number of Topliss-reactive ketones (excluding diaryl/α,β-unsaturated/α-hetero) is 4. The molecule has 12 rings (SSSR count). The molecule has 5 aromatic heterocycles. The molecule has 538 valence electrons. The van der Waals surface area contributed by atoms with E-state index < -0.39 is 47.5 Å². The number of pyridine rings is 1. The lowest BCUT2D eigenvalue weighted by Crippen LogP contribution is -2.20. The zero-order valence-electron chi connectivity index (χ0n) is 58.1. The third-order valence-electron chi connectivity index (χ3n) is 15.5. The van der Waals surface area contributed by atoms with Gasteiger partial charge in [0.2, 0.25) is 29.0 Å². The Morgan fingerprint density at radius 3 is 0.877 bits per heavy atom. The zero-order chi connectivity index (χ0) is 74.8. The van der Waals surface area contributed by atoms with E-state index >= 15 is 0 Å². The number of carbonyl (C=O) groups is 4. The quantitative estimate of drug-likeness (QED) is 0.0323. The van der Waals surface area contributed by atoms with Crippen molar-refractivity contribution in [1.29, 1.82) is 0 Å². The number of hydrogen-bond acceptors (Lipinski definition) is 21. The summed E-state index contributed by atoms with van der Waals surface area (Å²) in [7, 11) is 0. The number of ketones is 4. The molecule has 5 heterocycles. The molecule has 22 nitrogen and oxygen atoms in total. The number of aliphatic hydroxyl groups is 4. The second-order valence-electron chi connectivity index (χ2n) is 23.3. The maximum Gasteiger partial charge on any atom is 0.219 e. The molecule has 0 bridgehead atoms. The first-order chi connectivity index (χ1) is 50.8. The van der Waals surface area contributed by atoms with Crippen molar-refractivity contribution in [2.75, 3.05) is 0 Å². The summed E-state index contributed by atoms with van der Waals surface area (Å²) in [5.74, 6) is 4.65. The molecule has 12 aromatic rings. The summed E-state index contributed by atoms with van der Waals surface area (Å²) in [6.07, 6.45) is 4.91. The first-order valence-corrected chi connectivity index (χ1v) is 33.4. The molecule has 4 N–H and O–H groups in total. The van der Waals surface area contributed by atoms with Crippen LogP contribution >= 0.6 is 0 Å². The Balaban J connectivity index is 0.000000178. The van der Waals surface area contributed by atoms with Gasteiger partial charge < -0.3 is 39.4 Å². The molecule has 7 aromatic carbocycles. The number of ether oxygens (including phenoxy) is 4. The molecule has 0 radical (unpaired) electrons. The molecule has 0 amide bonds. The summed E-state index contributed by atoms with van der Waals surface area (Å²) >= 11 is 0. The summed E-state index contributed by atoms with van der Waals surface area (Å²) < 4.78 is 35.8. The van der Waals surface area contributed by atoms with E-state index in [4.69, 9.17) is 25.5 Å². The van der Waals surface area contributed by atoms with Gasteiger partial charge in [0.05, 0.1) is 6.57 Å². The summed E-state index contributed by atoms with van der Waals surface area (Å²) in [5.41, 5.74) is 6.51. The average molecular weight is 1430 g/mol. The minimum atomic E-state index is -1.07. The Bertz CT molecular complexity index is 4540. The molecule has 0 unspecified atom stereocenters. The highest BCUT2D eigenvalue weighted by molar-refractivity contribution is 5.99. The van der Waals surface area contributed by atoms with Crippen molar-refractivity contribution in [3.05, 3.63) is 288 Å². The number of aromatic nitrogens is 9. The number of benzene rings is 7. The molecule has 106 heavy (non-hydrogen) atoms. The standard InChI is InChI=1S/C21H17N3O3.C21H20N2O3.C20H17FN2O3.C20H19N3O3.CH4/c1-3-19(25)20(26)18-12-13-23-21(24-18)14-4-8-16(9-5-14)27-17-10-6-15(22-2)7-11-17;1-3-19(24)20(25)18-12-13-22-21(23-18)15-6-10-17(11-7-15)26-16-8-4-14(2)5-9-16;1-2-18(24)19(25)17-11-12-22-20(23-17)13-3-7-15(8-4-13)26-16-9-5-14(21)6-10-16;1-3-17(24)19(25)16-10-11-21-20(23-16)14-5-7-15(8-6-14)26-18-9-4-13(2)12-22-18;/h4-13,19,25H,3H2,1H3;4-13,19,24H,3H2,1-2H3;3-12,18,24H,2H2,1H3;4-12,17,24H,3H2,1-2H3;1H4/t2*19-;18-;17-;/m1111./s1. The summed E-state index contributed by atoms with van der Waals surface area (Å²) in [6, 6.07) is 58.8. The number of halogens is 1. The minimum Gasteiger partial charge on any atom is -0.457 e. The van der Waals surface area contributed by atoms with Crippen LogP contribution in [0.15, 0.2) is 237 Å². The number of nitrogens with zero attached hydrogens (tertiary/aromatic N) is 10. The fraction of sp³-hybridized carbons (Fsp3) is 0.181. The monoisotopic (exact) mass is 1420 g/mol. The molecule has 0 saturated carbocycles. The first-order valence-electron chi connectivity index (χ1n) is 33.4. The van der Waals surface area contributed by atoms with Gasteiger partial charge in [-0.1, -0.05) is 71.0 Å². The molecule has 0 aliphatic heterocycles. The van der Waals surface area contributed by atoms with Gasteiger partial charge in [-0.15, -0.1) is 0 Å². The molecule has 0 spiro atoms. The van der Waals surface area contributed by atoms with Crippen molar-refractivity contribution in [3.8, 4) is 91.7 Å². The maximum absolute atomic E-state index is 12.9. The van der Waals surface area contributed by atoms with Crippen molar-refractivity contribution in [2.45, 2.75) is 99.1 Å². The number of hydrogen-bond donors (Lipinski definition) is 4. The topological polar surface area (TPSA) is 306 Å². The summed E-state index contributed by atoms with van der Waals surface area (Å²) in [4.78, 5) is 89.6. The molecular formula is C83H77FN10O12. The molecule has 0 aliphatic carbocycles. The highest BCUT2D eigenvalue weighted by atomic mass is 19.1.